The van der Waals surface area contributed by atoms with E-state index in [-0.39, 0.29) is 6.04 Å². The molecule has 1 unspecified atom stereocenters. The van der Waals surface area contributed by atoms with Crippen LogP contribution in [-0.4, -0.2) is 13.2 Å². The summed E-state index contributed by atoms with van der Waals surface area (Å²) in [7, 11) is 1.34. The number of methoxy groups -OCH3 is 1. The van der Waals surface area contributed by atoms with Crippen LogP contribution in [0.5, 0.6) is 0 Å². The highest BCUT2D eigenvalue weighted by molar-refractivity contribution is 5.84. The van der Waals surface area contributed by atoms with Crippen molar-refractivity contribution in [3.8, 4) is 0 Å². The number of amides is 1. The van der Waals surface area contributed by atoms with Crippen molar-refractivity contribution in [2.75, 3.05) is 17.7 Å². The van der Waals surface area contributed by atoms with Gasteiger partial charge in [-0.05, 0) is 36.8 Å². The lowest BCUT2D eigenvalue weighted by atomic mass is 10.1. The van der Waals surface area contributed by atoms with E-state index in [0.717, 1.165) is 5.69 Å². The van der Waals surface area contributed by atoms with Crippen LogP contribution in [0.1, 0.15) is 18.5 Å². The Kier molecular flexibility index (Phi) is 4.60. The van der Waals surface area contributed by atoms with E-state index < -0.39 is 6.09 Å². The third kappa shape index (κ3) is 3.75. The summed E-state index contributed by atoms with van der Waals surface area (Å²) in [6.45, 7) is 2.11. The van der Waals surface area contributed by atoms with Gasteiger partial charge in [-0.15, -0.1) is 0 Å². The van der Waals surface area contributed by atoms with Crippen LogP contribution >= 0.6 is 0 Å². The van der Waals surface area contributed by atoms with Crippen molar-refractivity contribution in [2.24, 2.45) is 0 Å². The fourth-order valence-corrected chi connectivity index (χ4v) is 1.89. The Morgan fingerprint density at radius 1 is 1.00 bits per heavy atom. The van der Waals surface area contributed by atoms with Gasteiger partial charge in [-0.25, -0.2) is 4.79 Å². The summed E-state index contributed by atoms with van der Waals surface area (Å²) in [5, 5.41) is 6.02. The standard InChI is InChI=1S/C16H18N2O2/c1-12(13-6-4-3-5-7-13)17-14-8-10-15(11-9-14)18-16(19)20-2/h3-12,17H,1-2H3,(H,18,19). The molecule has 0 saturated carbocycles. The zero-order chi connectivity index (χ0) is 14.4. The van der Waals surface area contributed by atoms with Gasteiger partial charge in [0.2, 0.25) is 0 Å². The summed E-state index contributed by atoms with van der Waals surface area (Å²) in [4.78, 5) is 11.1. The molecule has 0 saturated heterocycles. The lowest BCUT2D eigenvalue weighted by Crippen LogP contribution is -2.11. The van der Waals surface area contributed by atoms with Gasteiger partial charge >= 0.3 is 6.09 Å². The van der Waals surface area contributed by atoms with Crippen molar-refractivity contribution in [3.05, 3.63) is 60.2 Å². The van der Waals surface area contributed by atoms with Crippen LogP contribution in [0.3, 0.4) is 0 Å². The summed E-state index contributed by atoms with van der Waals surface area (Å²) in [5.74, 6) is 0. The molecule has 104 valence electrons. The van der Waals surface area contributed by atoms with Crippen molar-refractivity contribution in [1.82, 2.24) is 0 Å². The number of hydrogen-bond donors (Lipinski definition) is 2. The predicted octanol–water partition coefficient (Wildman–Crippen LogP) is 4.04. The van der Waals surface area contributed by atoms with Crippen LogP contribution < -0.4 is 10.6 Å². The molecule has 2 N–H and O–H groups in total. The molecule has 2 aromatic rings. The molecule has 0 bridgehead atoms. The third-order valence-corrected chi connectivity index (χ3v) is 3.00. The second kappa shape index (κ2) is 6.61. The van der Waals surface area contributed by atoms with E-state index in [9.17, 15) is 4.79 Å². The molecule has 0 heterocycles. The maximum absolute atomic E-state index is 11.1. The highest BCUT2D eigenvalue weighted by Gasteiger charge is 2.05. The molecule has 0 aromatic heterocycles. The predicted molar refractivity (Wildman–Crippen MR) is 80.9 cm³/mol. The molecule has 1 atom stereocenters. The molecule has 0 aliphatic carbocycles. The fourth-order valence-electron chi connectivity index (χ4n) is 1.89. The Balaban J connectivity index is 1.98. The monoisotopic (exact) mass is 270 g/mol. The molecule has 0 radical (unpaired) electrons. The lowest BCUT2D eigenvalue weighted by Gasteiger charge is -2.16. The van der Waals surface area contributed by atoms with Crippen LogP contribution in [0.25, 0.3) is 0 Å². The maximum atomic E-state index is 11.1. The summed E-state index contributed by atoms with van der Waals surface area (Å²) in [6.07, 6.45) is -0.469. The largest absolute Gasteiger partial charge is 0.453 e. The van der Waals surface area contributed by atoms with E-state index in [0.29, 0.717) is 5.69 Å². The van der Waals surface area contributed by atoms with E-state index >= 15 is 0 Å². The Morgan fingerprint density at radius 3 is 2.20 bits per heavy atom. The van der Waals surface area contributed by atoms with Gasteiger partial charge in [0.1, 0.15) is 0 Å². The number of anilines is 2. The number of carbonyl (C=O) groups excluding carboxylic acids is 1. The maximum Gasteiger partial charge on any atom is 0.411 e. The lowest BCUT2D eigenvalue weighted by molar-refractivity contribution is 0.187. The van der Waals surface area contributed by atoms with E-state index in [1.165, 1.54) is 12.7 Å². The molecule has 20 heavy (non-hydrogen) atoms. The summed E-state index contributed by atoms with van der Waals surface area (Å²) in [6, 6.07) is 18.0. The zero-order valence-corrected chi connectivity index (χ0v) is 11.6. The molecule has 4 heteroatoms. The van der Waals surface area contributed by atoms with Gasteiger partial charge < -0.3 is 10.1 Å². The van der Waals surface area contributed by atoms with Crippen LogP contribution in [0, 0.1) is 0 Å². The molecular weight excluding hydrogens is 252 g/mol. The quantitative estimate of drug-likeness (QED) is 0.881. The average molecular weight is 270 g/mol. The van der Waals surface area contributed by atoms with Crippen LogP contribution in [-0.2, 0) is 4.74 Å². The Labute approximate surface area is 118 Å². The van der Waals surface area contributed by atoms with Crippen molar-refractivity contribution < 1.29 is 9.53 Å². The van der Waals surface area contributed by atoms with Crippen LogP contribution in [0.4, 0.5) is 16.2 Å². The first-order chi connectivity index (χ1) is 9.69. The van der Waals surface area contributed by atoms with Gasteiger partial charge in [-0.2, -0.15) is 0 Å². The topological polar surface area (TPSA) is 50.4 Å². The van der Waals surface area contributed by atoms with Gasteiger partial charge in [-0.1, -0.05) is 30.3 Å². The minimum absolute atomic E-state index is 0.218. The molecule has 2 rings (SSSR count). The molecular formula is C16H18N2O2. The third-order valence-electron chi connectivity index (χ3n) is 3.00. The summed E-state index contributed by atoms with van der Waals surface area (Å²) in [5.41, 5.74) is 2.93. The normalized spacial score (nSPS) is 11.5. The smallest absolute Gasteiger partial charge is 0.411 e. The Hall–Kier alpha value is -2.49. The second-order valence-electron chi connectivity index (χ2n) is 4.47. The van der Waals surface area contributed by atoms with Gasteiger partial charge in [0.05, 0.1) is 7.11 Å². The van der Waals surface area contributed by atoms with Crippen molar-refractivity contribution >= 4 is 17.5 Å². The fraction of sp³-hybridized carbons (Fsp3) is 0.188. The van der Waals surface area contributed by atoms with E-state index in [1.54, 1.807) is 0 Å². The molecule has 4 nitrogen and oxygen atoms in total. The Bertz CT molecular complexity index is 552. The molecule has 0 aliphatic rings. The molecule has 1 amide bonds. The molecule has 2 aromatic carbocycles. The SMILES string of the molecule is COC(=O)Nc1ccc(NC(C)c2ccccc2)cc1. The van der Waals surface area contributed by atoms with Crippen molar-refractivity contribution in [3.63, 3.8) is 0 Å². The zero-order valence-electron chi connectivity index (χ0n) is 11.6. The van der Waals surface area contributed by atoms with Crippen LogP contribution in [0.2, 0.25) is 0 Å². The van der Waals surface area contributed by atoms with E-state index in [1.807, 2.05) is 42.5 Å². The average Bonchev–Trinajstić information content (AvgIpc) is 2.50. The van der Waals surface area contributed by atoms with Crippen LogP contribution in [0.15, 0.2) is 54.6 Å². The summed E-state index contributed by atoms with van der Waals surface area (Å²) >= 11 is 0. The number of nitrogens with one attached hydrogen (secondary N) is 2. The van der Waals surface area contributed by atoms with Gasteiger partial charge in [0.15, 0.2) is 0 Å². The van der Waals surface area contributed by atoms with Gasteiger partial charge in [0, 0.05) is 17.4 Å². The number of ether oxygens (including phenoxy) is 1. The van der Waals surface area contributed by atoms with Crippen molar-refractivity contribution in [2.45, 2.75) is 13.0 Å². The molecule has 0 fully saturated rings. The highest BCUT2D eigenvalue weighted by Crippen LogP contribution is 2.20. The minimum atomic E-state index is -0.469. The first-order valence-corrected chi connectivity index (χ1v) is 6.45. The van der Waals surface area contributed by atoms with Gasteiger partial charge in [-0.3, -0.25) is 5.32 Å². The highest BCUT2D eigenvalue weighted by atomic mass is 16.5. The second-order valence-corrected chi connectivity index (χ2v) is 4.47. The first-order valence-electron chi connectivity index (χ1n) is 6.45. The first kappa shape index (κ1) is 13.9. The van der Waals surface area contributed by atoms with E-state index in [2.05, 4.69) is 34.4 Å². The minimum Gasteiger partial charge on any atom is -0.453 e. The number of rotatable bonds is 4. The number of carbonyl (C=O) groups is 1. The molecule has 0 spiro atoms. The van der Waals surface area contributed by atoms with E-state index in [4.69, 9.17) is 0 Å². The van der Waals surface area contributed by atoms with Gasteiger partial charge in [0.25, 0.3) is 0 Å². The van der Waals surface area contributed by atoms with Crippen molar-refractivity contribution in [1.29, 1.82) is 0 Å². The number of hydrogen-bond acceptors (Lipinski definition) is 3. The molecule has 0 aliphatic heterocycles. The number of benzene rings is 2. The summed E-state index contributed by atoms with van der Waals surface area (Å²) < 4.78 is 4.54. The Morgan fingerprint density at radius 2 is 1.60 bits per heavy atom.